The van der Waals surface area contributed by atoms with Crippen LogP contribution in [0.1, 0.15) is 22.5 Å². The number of amides is 2. The zero-order valence-corrected chi connectivity index (χ0v) is 16.6. The van der Waals surface area contributed by atoms with Crippen LogP contribution in [0.25, 0.3) is 5.69 Å². The average molecular weight is 434 g/mol. The van der Waals surface area contributed by atoms with Crippen molar-refractivity contribution in [3.05, 3.63) is 77.1 Å². The minimum Gasteiger partial charge on any atom is -0.392 e. The van der Waals surface area contributed by atoms with Crippen molar-refractivity contribution in [3.63, 3.8) is 0 Å². The number of halogens is 3. The second kappa shape index (κ2) is 9.63. The SMILES string of the molecule is COCc1cccc(-n2nc(C(F)(F)F)cc2CNC(=O)Nc2cccc(CO)c2)c1. The molecule has 0 aliphatic heterocycles. The Labute approximate surface area is 176 Å². The second-order valence-corrected chi connectivity index (χ2v) is 6.70. The Morgan fingerprint density at radius 1 is 1.13 bits per heavy atom. The molecule has 0 saturated heterocycles. The molecule has 31 heavy (non-hydrogen) atoms. The molecule has 10 heteroatoms. The van der Waals surface area contributed by atoms with Gasteiger partial charge in [-0.2, -0.15) is 18.3 Å². The average Bonchev–Trinajstić information content (AvgIpc) is 3.18. The van der Waals surface area contributed by atoms with Gasteiger partial charge >= 0.3 is 12.2 Å². The molecule has 2 aromatic carbocycles. The number of carbonyl (C=O) groups is 1. The van der Waals surface area contributed by atoms with Gasteiger partial charge < -0.3 is 20.5 Å². The van der Waals surface area contributed by atoms with Gasteiger partial charge in [0.15, 0.2) is 5.69 Å². The summed E-state index contributed by atoms with van der Waals surface area (Å²) < 4.78 is 45.9. The van der Waals surface area contributed by atoms with Gasteiger partial charge in [-0.05, 0) is 41.5 Å². The number of hydrogen-bond acceptors (Lipinski definition) is 4. The number of anilines is 1. The van der Waals surface area contributed by atoms with E-state index in [1.54, 1.807) is 48.5 Å². The van der Waals surface area contributed by atoms with Crippen LogP contribution in [0.5, 0.6) is 0 Å². The first-order chi connectivity index (χ1) is 14.8. The summed E-state index contributed by atoms with van der Waals surface area (Å²) in [6, 6.07) is 13.6. The number of alkyl halides is 3. The Bertz CT molecular complexity index is 1050. The summed E-state index contributed by atoms with van der Waals surface area (Å²) >= 11 is 0. The van der Waals surface area contributed by atoms with Gasteiger partial charge in [-0.15, -0.1) is 0 Å². The molecule has 164 valence electrons. The molecule has 1 heterocycles. The molecule has 0 unspecified atom stereocenters. The quantitative estimate of drug-likeness (QED) is 0.527. The van der Waals surface area contributed by atoms with Crippen LogP contribution in [-0.2, 0) is 30.7 Å². The molecule has 0 fully saturated rings. The molecule has 3 N–H and O–H groups in total. The number of aliphatic hydroxyl groups excluding tert-OH is 1. The summed E-state index contributed by atoms with van der Waals surface area (Å²) in [4.78, 5) is 12.2. The van der Waals surface area contributed by atoms with Crippen molar-refractivity contribution in [2.75, 3.05) is 12.4 Å². The lowest BCUT2D eigenvalue weighted by atomic mass is 10.2. The third-order valence-corrected chi connectivity index (χ3v) is 4.34. The molecular formula is C21H21F3N4O3. The van der Waals surface area contributed by atoms with E-state index in [1.807, 2.05) is 0 Å². The van der Waals surface area contributed by atoms with E-state index in [4.69, 9.17) is 4.74 Å². The van der Waals surface area contributed by atoms with Gasteiger partial charge in [-0.1, -0.05) is 24.3 Å². The molecule has 0 saturated carbocycles. The monoisotopic (exact) mass is 434 g/mol. The molecule has 1 aromatic heterocycles. The van der Waals surface area contributed by atoms with E-state index >= 15 is 0 Å². The van der Waals surface area contributed by atoms with Crippen LogP contribution >= 0.6 is 0 Å². The molecule has 0 spiro atoms. The largest absolute Gasteiger partial charge is 0.435 e. The molecular weight excluding hydrogens is 413 g/mol. The van der Waals surface area contributed by atoms with Crippen LogP contribution in [-0.4, -0.2) is 28.0 Å². The smallest absolute Gasteiger partial charge is 0.392 e. The third kappa shape index (κ3) is 5.83. The maximum atomic E-state index is 13.2. The molecule has 3 aromatic rings. The lowest BCUT2D eigenvalue weighted by Gasteiger charge is -2.11. The molecule has 0 radical (unpaired) electrons. The van der Waals surface area contributed by atoms with E-state index in [9.17, 15) is 23.1 Å². The van der Waals surface area contributed by atoms with Gasteiger partial charge in [0.2, 0.25) is 0 Å². The number of carbonyl (C=O) groups excluding carboxylic acids is 1. The molecule has 0 atom stereocenters. The predicted octanol–water partition coefficient (Wildman–Crippen LogP) is 3.85. The maximum absolute atomic E-state index is 13.2. The number of aromatic nitrogens is 2. The van der Waals surface area contributed by atoms with Crippen LogP contribution in [0.15, 0.2) is 54.6 Å². The van der Waals surface area contributed by atoms with Crippen molar-refractivity contribution in [1.82, 2.24) is 15.1 Å². The van der Waals surface area contributed by atoms with Crippen molar-refractivity contribution in [2.24, 2.45) is 0 Å². The number of nitrogens with one attached hydrogen (secondary N) is 2. The summed E-state index contributed by atoms with van der Waals surface area (Å²) in [5.74, 6) is 0. The number of urea groups is 1. The van der Waals surface area contributed by atoms with Crippen molar-refractivity contribution < 1.29 is 27.8 Å². The molecule has 0 bridgehead atoms. The van der Waals surface area contributed by atoms with Crippen LogP contribution < -0.4 is 10.6 Å². The summed E-state index contributed by atoms with van der Waals surface area (Å²) in [6.07, 6.45) is -4.63. The van der Waals surface area contributed by atoms with Crippen molar-refractivity contribution in [2.45, 2.75) is 25.9 Å². The van der Waals surface area contributed by atoms with Gasteiger partial charge in [0.25, 0.3) is 0 Å². The fraction of sp³-hybridized carbons (Fsp3) is 0.238. The highest BCUT2D eigenvalue weighted by atomic mass is 19.4. The number of hydrogen-bond donors (Lipinski definition) is 3. The van der Waals surface area contributed by atoms with Gasteiger partial charge in [0, 0.05) is 12.8 Å². The third-order valence-electron chi connectivity index (χ3n) is 4.34. The Kier molecular flexibility index (Phi) is 6.93. The number of methoxy groups -OCH3 is 1. The van der Waals surface area contributed by atoms with Crippen molar-refractivity contribution >= 4 is 11.7 Å². The minimum atomic E-state index is -4.63. The first kappa shape index (κ1) is 22.3. The van der Waals surface area contributed by atoms with E-state index in [2.05, 4.69) is 15.7 Å². The molecule has 0 aliphatic carbocycles. The first-order valence-corrected chi connectivity index (χ1v) is 9.29. The van der Waals surface area contributed by atoms with Crippen LogP contribution in [0.2, 0.25) is 0 Å². The van der Waals surface area contributed by atoms with Crippen molar-refractivity contribution in [1.29, 1.82) is 0 Å². The number of rotatable bonds is 7. The molecule has 7 nitrogen and oxygen atoms in total. The Morgan fingerprint density at radius 2 is 1.87 bits per heavy atom. The van der Waals surface area contributed by atoms with Crippen LogP contribution in [0, 0.1) is 0 Å². The molecule has 2 amide bonds. The number of benzene rings is 2. The van der Waals surface area contributed by atoms with Crippen molar-refractivity contribution in [3.8, 4) is 5.69 Å². The highest BCUT2D eigenvalue weighted by molar-refractivity contribution is 5.89. The van der Waals surface area contributed by atoms with E-state index in [-0.39, 0.29) is 18.8 Å². The van der Waals surface area contributed by atoms with Crippen LogP contribution in [0.4, 0.5) is 23.7 Å². The fourth-order valence-corrected chi connectivity index (χ4v) is 2.95. The van der Waals surface area contributed by atoms with Gasteiger partial charge in [-0.25, -0.2) is 9.48 Å². The number of aliphatic hydroxyl groups is 1. The topological polar surface area (TPSA) is 88.4 Å². The second-order valence-electron chi connectivity index (χ2n) is 6.70. The normalized spacial score (nSPS) is 11.4. The van der Waals surface area contributed by atoms with E-state index in [1.165, 1.54) is 7.11 Å². The van der Waals surface area contributed by atoms with Gasteiger partial charge in [-0.3, -0.25) is 0 Å². The van der Waals surface area contributed by atoms with E-state index in [0.717, 1.165) is 16.3 Å². The highest BCUT2D eigenvalue weighted by Crippen LogP contribution is 2.29. The standard InChI is InChI=1S/C21H21F3N4O3/c1-31-13-15-5-3-7-17(9-15)28-18(10-19(27-28)21(22,23)24)11-25-20(30)26-16-6-2-4-14(8-16)12-29/h2-10,29H,11-13H2,1H3,(H2,25,26,30). The first-order valence-electron chi connectivity index (χ1n) is 9.29. The Hall–Kier alpha value is -3.37. The molecule has 3 rings (SSSR count). The summed E-state index contributed by atoms with van der Waals surface area (Å²) in [7, 11) is 1.52. The zero-order valence-electron chi connectivity index (χ0n) is 16.6. The maximum Gasteiger partial charge on any atom is 0.435 e. The van der Waals surface area contributed by atoms with Gasteiger partial charge in [0.05, 0.1) is 31.1 Å². The highest BCUT2D eigenvalue weighted by Gasteiger charge is 2.35. The molecule has 0 aliphatic rings. The lowest BCUT2D eigenvalue weighted by Crippen LogP contribution is -2.29. The summed E-state index contributed by atoms with van der Waals surface area (Å²) in [5.41, 5.74) is 1.34. The summed E-state index contributed by atoms with van der Waals surface area (Å²) in [5, 5.41) is 18.0. The zero-order chi connectivity index (χ0) is 22.4. The van der Waals surface area contributed by atoms with Gasteiger partial charge in [0.1, 0.15) is 0 Å². The van der Waals surface area contributed by atoms with Crippen LogP contribution in [0.3, 0.4) is 0 Å². The Balaban J connectivity index is 1.80. The number of nitrogens with zero attached hydrogens (tertiary/aromatic N) is 2. The number of ether oxygens (including phenoxy) is 1. The van der Waals surface area contributed by atoms with E-state index < -0.39 is 17.9 Å². The Morgan fingerprint density at radius 3 is 2.58 bits per heavy atom. The fourth-order valence-electron chi connectivity index (χ4n) is 2.95. The predicted molar refractivity (Wildman–Crippen MR) is 108 cm³/mol. The minimum absolute atomic E-state index is 0.154. The lowest BCUT2D eigenvalue weighted by molar-refractivity contribution is -0.141. The summed E-state index contributed by atoms with van der Waals surface area (Å²) in [6.45, 7) is -0.0775. The van der Waals surface area contributed by atoms with E-state index in [0.29, 0.717) is 23.5 Å².